The van der Waals surface area contributed by atoms with Gasteiger partial charge in [-0.05, 0) is 116 Å². The molecular formula is C29H48O. The molecule has 4 saturated carbocycles. The summed E-state index contributed by atoms with van der Waals surface area (Å²) in [5.74, 6) is 7.60. The summed E-state index contributed by atoms with van der Waals surface area (Å²) in [4.78, 5) is 0. The summed E-state index contributed by atoms with van der Waals surface area (Å²) >= 11 is 0. The minimum Gasteiger partial charge on any atom is -0.393 e. The Labute approximate surface area is 186 Å². The quantitative estimate of drug-likeness (QED) is 0.460. The Morgan fingerprint density at radius 1 is 1.00 bits per heavy atom. The van der Waals surface area contributed by atoms with Gasteiger partial charge in [0, 0.05) is 0 Å². The maximum Gasteiger partial charge on any atom is 0.0577 e. The highest BCUT2D eigenvalue weighted by Crippen LogP contribution is 2.67. The third kappa shape index (κ3) is 3.36. The molecule has 0 saturated heterocycles. The van der Waals surface area contributed by atoms with Crippen LogP contribution in [0.5, 0.6) is 0 Å². The molecule has 0 unspecified atom stereocenters. The number of aliphatic hydroxyl groups is 1. The van der Waals surface area contributed by atoms with E-state index in [2.05, 4.69) is 40.7 Å². The number of fused-ring (bicyclic) bond motifs is 5. The van der Waals surface area contributed by atoms with Crippen LogP contribution in [0.2, 0.25) is 0 Å². The van der Waals surface area contributed by atoms with Gasteiger partial charge in [-0.3, -0.25) is 0 Å². The zero-order valence-electron chi connectivity index (χ0n) is 20.5. The third-order valence-corrected chi connectivity index (χ3v) is 11.8. The average molecular weight is 413 g/mol. The highest BCUT2D eigenvalue weighted by Gasteiger charge is 2.59. The number of rotatable bonds is 5. The van der Waals surface area contributed by atoms with Gasteiger partial charge >= 0.3 is 0 Å². The molecule has 5 aliphatic rings. The number of allylic oxidation sites excluding steroid dienone is 1. The lowest BCUT2D eigenvalue weighted by Crippen LogP contribution is -2.50. The van der Waals surface area contributed by atoms with Gasteiger partial charge in [-0.2, -0.15) is 0 Å². The minimum atomic E-state index is -0.0764. The highest BCUT2D eigenvalue weighted by molar-refractivity contribution is 5.25. The Balaban J connectivity index is 1.28. The second-order valence-electron chi connectivity index (χ2n) is 13.3. The van der Waals surface area contributed by atoms with Crippen molar-refractivity contribution >= 4 is 0 Å². The van der Waals surface area contributed by atoms with Crippen LogP contribution in [-0.4, -0.2) is 11.2 Å². The standard InChI is InChI=1S/C29H48O/c1-18(24-16-20(24)3)6-7-19(2)25-10-11-26-23-9-8-21-17-22(30)12-14-28(21,4)27(23)13-15-29(25,26)5/h8,18-20,22-27,30H,6-7,9-17H2,1-5H3/t18-,19-,20-,22+,23+,24+,25-,26+,27+,28+,29-/m1/s1. The summed E-state index contributed by atoms with van der Waals surface area (Å²) in [5.41, 5.74) is 2.60. The van der Waals surface area contributed by atoms with E-state index in [-0.39, 0.29) is 6.10 Å². The molecule has 0 amide bonds. The van der Waals surface area contributed by atoms with Gasteiger partial charge in [0.05, 0.1) is 6.10 Å². The van der Waals surface area contributed by atoms with Crippen molar-refractivity contribution < 1.29 is 5.11 Å². The molecule has 0 aromatic carbocycles. The maximum atomic E-state index is 10.2. The van der Waals surface area contributed by atoms with E-state index in [0.29, 0.717) is 10.8 Å². The van der Waals surface area contributed by atoms with Crippen LogP contribution in [0.3, 0.4) is 0 Å². The van der Waals surface area contributed by atoms with E-state index in [0.717, 1.165) is 60.2 Å². The minimum absolute atomic E-state index is 0.0764. The van der Waals surface area contributed by atoms with Gasteiger partial charge in [0.25, 0.3) is 0 Å². The van der Waals surface area contributed by atoms with E-state index < -0.39 is 0 Å². The fraction of sp³-hybridized carbons (Fsp3) is 0.931. The predicted molar refractivity (Wildman–Crippen MR) is 126 cm³/mol. The first-order valence-corrected chi connectivity index (χ1v) is 13.6. The van der Waals surface area contributed by atoms with Crippen molar-refractivity contribution in [2.75, 3.05) is 0 Å². The second-order valence-corrected chi connectivity index (χ2v) is 13.3. The molecular weight excluding hydrogens is 364 g/mol. The normalized spacial score (nSPS) is 51.9. The summed E-state index contributed by atoms with van der Waals surface area (Å²) in [6.45, 7) is 12.9. The summed E-state index contributed by atoms with van der Waals surface area (Å²) in [6, 6.07) is 0. The first-order chi connectivity index (χ1) is 14.2. The fourth-order valence-corrected chi connectivity index (χ4v) is 9.70. The van der Waals surface area contributed by atoms with E-state index in [1.807, 2.05) is 0 Å². The summed E-state index contributed by atoms with van der Waals surface area (Å²) in [7, 11) is 0. The first-order valence-electron chi connectivity index (χ1n) is 13.6. The number of hydrogen-bond donors (Lipinski definition) is 1. The van der Waals surface area contributed by atoms with Gasteiger partial charge in [0.2, 0.25) is 0 Å². The molecule has 0 spiro atoms. The van der Waals surface area contributed by atoms with Crippen molar-refractivity contribution in [1.29, 1.82) is 0 Å². The molecule has 0 radical (unpaired) electrons. The molecule has 11 atom stereocenters. The topological polar surface area (TPSA) is 20.2 Å². The van der Waals surface area contributed by atoms with Crippen molar-refractivity contribution in [3.8, 4) is 0 Å². The highest BCUT2D eigenvalue weighted by atomic mass is 16.3. The molecule has 4 fully saturated rings. The average Bonchev–Trinajstić information content (AvgIpc) is 3.33. The largest absolute Gasteiger partial charge is 0.393 e. The van der Waals surface area contributed by atoms with Crippen LogP contribution < -0.4 is 0 Å². The Kier molecular flexibility index (Phi) is 5.48. The molecule has 0 bridgehead atoms. The summed E-state index contributed by atoms with van der Waals surface area (Å²) in [6.07, 6.45) is 17.4. The maximum absolute atomic E-state index is 10.2. The van der Waals surface area contributed by atoms with Crippen LogP contribution in [0.15, 0.2) is 11.6 Å². The van der Waals surface area contributed by atoms with E-state index in [1.54, 1.807) is 5.57 Å². The molecule has 1 N–H and O–H groups in total. The zero-order valence-corrected chi connectivity index (χ0v) is 20.5. The van der Waals surface area contributed by atoms with Crippen LogP contribution in [0, 0.1) is 58.2 Å². The predicted octanol–water partition coefficient (Wildman–Crippen LogP) is 7.63. The van der Waals surface area contributed by atoms with Crippen LogP contribution in [0.4, 0.5) is 0 Å². The molecule has 0 heterocycles. The summed E-state index contributed by atoms with van der Waals surface area (Å²) in [5, 5.41) is 10.2. The Hall–Kier alpha value is -0.300. The Bertz CT molecular complexity index is 680. The van der Waals surface area contributed by atoms with Crippen molar-refractivity contribution in [2.45, 2.75) is 111 Å². The Morgan fingerprint density at radius 3 is 2.47 bits per heavy atom. The molecule has 0 aromatic rings. The van der Waals surface area contributed by atoms with Gasteiger partial charge in [0.1, 0.15) is 0 Å². The SMILES string of the molecule is C[C@H](CC[C@@H](C)[C@H]1CC[C@H]2[C@@H]3CC=C4C[C@@H](O)CC[C@]4(C)[C@H]3CC[C@]12C)[C@@H]1C[C@H]1C. The first kappa shape index (κ1) is 21.5. The number of hydrogen-bond acceptors (Lipinski definition) is 1. The molecule has 0 aromatic heterocycles. The second kappa shape index (κ2) is 7.64. The van der Waals surface area contributed by atoms with E-state index in [9.17, 15) is 5.11 Å². The zero-order chi connectivity index (χ0) is 21.3. The molecule has 5 rings (SSSR count). The lowest BCUT2D eigenvalue weighted by molar-refractivity contribution is -0.0574. The molecule has 1 heteroatoms. The van der Waals surface area contributed by atoms with Gasteiger partial charge in [-0.1, -0.05) is 59.1 Å². The summed E-state index contributed by atoms with van der Waals surface area (Å²) < 4.78 is 0. The fourth-order valence-electron chi connectivity index (χ4n) is 9.70. The van der Waals surface area contributed by atoms with Gasteiger partial charge < -0.3 is 5.11 Å². The molecule has 0 aliphatic heterocycles. The van der Waals surface area contributed by atoms with Gasteiger partial charge in [-0.15, -0.1) is 0 Å². The van der Waals surface area contributed by atoms with Crippen molar-refractivity contribution in [3.63, 3.8) is 0 Å². The van der Waals surface area contributed by atoms with Crippen LogP contribution >= 0.6 is 0 Å². The van der Waals surface area contributed by atoms with Crippen LogP contribution in [-0.2, 0) is 0 Å². The van der Waals surface area contributed by atoms with E-state index in [4.69, 9.17) is 0 Å². The van der Waals surface area contributed by atoms with E-state index in [1.165, 1.54) is 57.8 Å². The Morgan fingerprint density at radius 2 is 1.73 bits per heavy atom. The monoisotopic (exact) mass is 412 g/mol. The molecule has 30 heavy (non-hydrogen) atoms. The van der Waals surface area contributed by atoms with Crippen molar-refractivity contribution in [3.05, 3.63) is 11.6 Å². The molecule has 5 aliphatic carbocycles. The lowest BCUT2D eigenvalue weighted by atomic mass is 9.47. The third-order valence-electron chi connectivity index (χ3n) is 11.8. The van der Waals surface area contributed by atoms with Gasteiger partial charge in [-0.25, -0.2) is 0 Å². The molecule has 1 nitrogen and oxygen atoms in total. The van der Waals surface area contributed by atoms with Crippen molar-refractivity contribution in [1.82, 2.24) is 0 Å². The smallest absolute Gasteiger partial charge is 0.0577 e. The lowest BCUT2D eigenvalue weighted by Gasteiger charge is -2.58. The van der Waals surface area contributed by atoms with E-state index >= 15 is 0 Å². The van der Waals surface area contributed by atoms with Crippen LogP contribution in [0.1, 0.15) is 105 Å². The molecule has 170 valence electrons. The van der Waals surface area contributed by atoms with Crippen molar-refractivity contribution in [2.24, 2.45) is 58.2 Å². The van der Waals surface area contributed by atoms with Gasteiger partial charge in [0.15, 0.2) is 0 Å². The van der Waals surface area contributed by atoms with Crippen LogP contribution in [0.25, 0.3) is 0 Å². The number of aliphatic hydroxyl groups excluding tert-OH is 1.